The van der Waals surface area contributed by atoms with Crippen LogP contribution in [-0.4, -0.2) is 21.0 Å². The number of hydrogen-bond donors (Lipinski definition) is 2. The summed E-state index contributed by atoms with van der Waals surface area (Å²) in [6.07, 6.45) is 2.98. The molecule has 1 unspecified atom stereocenters. The molecule has 2 heterocycles. The zero-order valence-corrected chi connectivity index (χ0v) is 9.59. The lowest BCUT2D eigenvalue weighted by atomic mass is 10.0. The van der Waals surface area contributed by atoms with Gasteiger partial charge < -0.3 is 15.2 Å². The van der Waals surface area contributed by atoms with Crippen LogP contribution in [0.2, 0.25) is 0 Å². The predicted molar refractivity (Wildman–Crippen MR) is 63.3 cm³/mol. The number of aliphatic hydroxyl groups is 1. The highest BCUT2D eigenvalue weighted by molar-refractivity contribution is 5.55. The van der Waals surface area contributed by atoms with Crippen LogP contribution in [0.1, 0.15) is 37.1 Å². The molecule has 3 N–H and O–H groups in total. The van der Waals surface area contributed by atoms with Gasteiger partial charge in [-0.2, -0.15) is 0 Å². The topological polar surface area (TPSA) is 63.5 Å². The number of nitrogens with zero attached hydrogens (tertiary/aromatic N) is 2. The van der Waals surface area contributed by atoms with E-state index >= 15 is 0 Å². The lowest BCUT2D eigenvalue weighted by Gasteiger charge is -2.08. The first-order valence-corrected chi connectivity index (χ1v) is 5.48. The molecule has 0 radical (unpaired) electrons. The second kappa shape index (κ2) is 4.23. The number of imidazole rings is 1. The molecule has 2 aromatic heterocycles. The molecule has 0 aliphatic carbocycles. The van der Waals surface area contributed by atoms with E-state index in [0.717, 1.165) is 5.52 Å². The average Bonchev–Trinajstić information content (AvgIpc) is 2.70. The summed E-state index contributed by atoms with van der Waals surface area (Å²) in [5, 5.41) is 9.74. The summed E-state index contributed by atoms with van der Waals surface area (Å²) in [7, 11) is 0. The van der Waals surface area contributed by atoms with Gasteiger partial charge in [-0.05, 0) is 23.6 Å². The van der Waals surface area contributed by atoms with Gasteiger partial charge in [0.25, 0.3) is 0 Å². The van der Waals surface area contributed by atoms with Crippen molar-refractivity contribution in [2.75, 3.05) is 6.54 Å². The van der Waals surface area contributed by atoms with Gasteiger partial charge in [0.1, 0.15) is 6.10 Å². The monoisotopic (exact) mass is 219 g/mol. The highest BCUT2D eigenvalue weighted by Crippen LogP contribution is 2.21. The van der Waals surface area contributed by atoms with E-state index in [-0.39, 0.29) is 6.54 Å². The number of hydrogen-bond acceptors (Lipinski definition) is 3. The molecule has 4 heteroatoms. The van der Waals surface area contributed by atoms with Gasteiger partial charge in [0.05, 0.1) is 17.5 Å². The molecule has 0 bridgehead atoms. The van der Waals surface area contributed by atoms with E-state index in [2.05, 4.69) is 31.0 Å². The van der Waals surface area contributed by atoms with E-state index in [1.165, 1.54) is 5.56 Å². The molecule has 0 aromatic carbocycles. The number of aromatic nitrogens is 2. The largest absolute Gasteiger partial charge is 0.385 e. The van der Waals surface area contributed by atoms with Crippen LogP contribution in [-0.2, 0) is 0 Å². The fourth-order valence-corrected chi connectivity index (χ4v) is 1.75. The van der Waals surface area contributed by atoms with Crippen LogP contribution in [0.3, 0.4) is 0 Å². The van der Waals surface area contributed by atoms with Crippen LogP contribution in [0.15, 0.2) is 24.7 Å². The third-order valence-corrected chi connectivity index (χ3v) is 2.80. The first kappa shape index (κ1) is 11.1. The van der Waals surface area contributed by atoms with Gasteiger partial charge >= 0.3 is 0 Å². The number of fused-ring (bicyclic) bond motifs is 1. The lowest BCUT2D eigenvalue weighted by Crippen LogP contribution is -2.12. The van der Waals surface area contributed by atoms with Gasteiger partial charge in [-0.25, -0.2) is 4.98 Å². The van der Waals surface area contributed by atoms with Gasteiger partial charge in [-0.15, -0.1) is 0 Å². The first-order chi connectivity index (χ1) is 7.63. The van der Waals surface area contributed by atoms with Crippen LogP contribution in [0.25, 0.3) is 5.52 Å². The normalized spacial score (nSPS) is 13.6. The summed E-state index contributed by atoms with van der Waals surface area (Å²) >= 11 is 0. The molecule has 0 aliphatic heterocycles. The van der Waals surface area contributed by atoms with E-state index in [1.54, 1.807) is 6.33 Å². The molecular formula is C12H17N3O. The summed E-state index contributed by atoms with van der Waals surface area (Å²) in [5.74, 6) is 0.461. The first-order valence-electron chi connectivity index (χ1n) is 5.48. The Morgan fingerprint density at radius 3 is 2.88 bits per heavy atom. The van der Waals surface area contributed by atoms with Crippen molar-refractivity contribution in [3.63, 3.8) is 0 Å². The zero-order chi connectivity index (χ0) is 11.7. The maximum atomic E-state index is 9.74. The predicted octanol–water partition coefficient (Wildman–Crippen LogP) is 1.45. The van der Waals surface area contributed by atoms with Gasteiger partial charge in [-0.1, -0.05) is 13.8 Å². The molecule has 0 amide bonds. The van der Waals surface area contributed by atoms with Crippen LogP contribution in [0, 0.1) is 0 Å². The molecule has 2 rings (SSSR count). The molecule has 2 aromatic rings. The lowest BCUT2D eigenvalue weighted by molar-refractivity contribution is 0.184. The van der Waals surface area contributed by atoms with E-state index in [1.807, 2.05) is 10.6 Å². The Morgan fingerprint density at radius 2 is 2.25 bits per heavy atom. The van der Waals surface area contributed by atoms with Crippen molar-refractivity contribution in [1.29, 1.82) is 0 Å². The summed E-state index contributed by atoms with van der Waals surface area (Å²) in [6, 6.07) is 4.13. The molecule has 0 saturated carbocycles. The van der Waals surface area contributed by atoms with Crippen molar-refractivity contribution in [1.82, 2.24) is 9.38 Å². The van der Waals surface area contributed by atoms with E-state index < -0.39 is 6.10 Å². The fourth-order valence-electron chi connectivity index (χ4n) is 1.75. The van der Waals surface area contributed by atoms with E-state index in [4.69, 9.17) is 5.73 Å². The van der Waals surface area contributed by atoms with Gasteiger partial charge in [0.2, 0.25) is 0 Å². The summed E-state index contributed by atoms with van der Waals surface area (Å²) in [5.41, 5.74) is 8.28. The quantitative estimate of drug-likeness (QED) is 0.821. The third-order valence-electron chi connectivity index (χ3n) is 2.80. The minimum Gasteiger partial charge on any atom is -0.385 e. The Labute approximate surface area is 94.7 Å². The third kappa shape index (κ3) is 1.81. The standard InChI is InChI=1S/C12H17N3O/c1-8(2)9-3-4-15-7-14-12(10(15)5-9)11(16)6-13/h3-5,7-8,11,16H,6,13H2,1-2H3. The van der Waals surface area contributed by atoms with Gasteiger partial charge in [-0.3, -0.25) is 0 Å². The minimum absolute atomic E-state index is 0.193. The minimum atomic E-state index is -0.688. The highest BCUT2D eigenvalue weighted by Gasteiger charge is 2.13. The van der Waals surface area contributed by atoms with Crippen molar-refractivity contribution in [3.05, 3.63) is 35.9 Å². The summed E-state index contributed by atoms with van der Waals surface area (Å²) < 4.78 is 1.90. The number of rotatable bonds is 3. The molecule has 0 aliphatic rings. The second-order valence-electron chi connectivity index (χ2n) is 4.29. The summed E-state index contributed by atoms with van der Waals surface area (Å²) in [6.45, 7) is 4.47. The molecule has 0 spiro atoms. The van der Waals surface area contributed by atoms with Crippen LogP contribution in [0.4, 0.5) is 0 Å². The van der Waals surface area contributed by atoms with Crippen LogP contribution in [0.5, 0.6) is 0 Å². The van der Waals surface area contributed by atoms with Crippen LogP contribution < -0.4 is 5.73 Å². The van der Waals surface area contributed by atoms with E-state index in [9.17, 15) is 5.11 Å². The smallest absolute Gasteiger partial charge is 0.110 e. The Bertz CT molecular complexity index is 490. The number of pyridine rings is 1. The van der Waals surface area contributed by atoms with Crippen molar-refractivity contribution < 1.29 is 5.11 Å². The van der Waals surface area contributed by atoms with Gasteiger partial charge in [0.15, 0.2) is 0 Å². The Hall–Kier alpha value is -1.39. The van der Waals surface area contributed by atoms with E-state index in [0.29, 0.717) is 11.6 Å². The van der Waals surface area contributed by atoms with Crippen molar-refractivity contribution >= 4 is 5.52 Å². The molecule has 1 atom stereocenters. The molecule has 4 nitrogen and oxygen atoms in total. The van der Waals surface area contributed by atoms with Crippen LogP contribution >= 0.6 is 0 Å². The van der Waals surface area contributed by atoms with Gasteiger partial charge in [0, 0.05) is 12.7 Å². The van der Waals surface area contributed by atoms with Crippen molar-refractivity contribution in [3.8, 4) is 0 Å². The Balaban J connectivity index is 2.55. The van der Waals surface area contributed by atoms with Crippen molar-refractivity contribution in [2.24, 2.45) is 5.73 Å². The summed E-state index contributed by atoms with van der Waals surface area (Å²) in [4.78, 5) is 4.20. The van der Waals surface area contributed by atoms with Crippen molar-refractivity contribution in [2.45, 2.75) is 25.9 Å². The maximum Gasteiger partial charge on any atom is 0.110 e. The zero-order valence-electron chi connectivity index (χ0n) is 9.59. The second-order valence-corrected chi connectivity index (χ2v) is 4.29. The number of aliphatic hydroxyl groups excluding tert-OH is 1. The SMILES string of the molecule is CC(C)c1ccn2cnc(C(O)CN)c2c1. The molecule has 0 fully saturated rings. The molecule has 0 saturated heterocycles. The molecule has 86 valence electrons. The highest BCUT2D eigenvalue weighted by atomic mass is 16.3. The maximum absolute atomic E-state index is 9.74. The molecular weight excluding hydrogens is 202 g/mol. The Morgan fingerprint density at radius 1 is 1.50 bits per heavy atom. The fraction of sp³-hybridized carbons (Fsp3) is 0.417. The number of nitrogens with two attached hydrogens (primary N) is 1. The Kier molecular flexibility index (Phi) is 2.94. The average molecular weight is 219 g/mol. The molecule has 16 heavy (non-hydrogen) atoms.